The molecule has 0 saturated carbocycles. The molecule has 0 N–H and O–H groups in total. The number of carbonyl (C=O) groups is 3. The van der Waals surface area contributed by atoms with Crippen molar-refractivity contribution in [1.29, 1.82) is 0 Å². The monoisotopic (exact) mass is 550 g/mol. The molecule has 3 aromatic carbocycles. The van der Waals surface area contributed by atoms with Gasteiger partial charge in [0.05, 0.1) is 0 Å². The van der Waals surface area contributed by atoms with Crippen LogP contribution in [0.4, 0.5) is 0 Å². The van der Waals surface area contributed by atoms with E-state index in [1.165, 1.54) is 5.56 Å². The molecule has 41 heavy (non-hydrogen) atoms. The van der Waals surface area contributed by atoms with Gasteiger partial charge in [-0.15, -0.1) is 0 Å². The summed E-state index contributed by atoms with van der Waals surface area (Å²) in [4.78, 5) is 36.5. The average molecular weight is 551 g/mol. The highest BCUT2D eigenvalue weighted by Gasteiger charge is 2.26. The van der Waals surface area contributed by atoms with Gasteiger partial charge < -0.3 is 14.2 Å². The summed E-state index contributed by atoms with van der Waals surface area (Å²) in [5.41, 5.74) is 9.06. The van der Waals surface area contributed by atoms with Gasteiger partial charge in [-0.2, -0.15) is 0 Å². The Morgan fingerprint density at radius 1 is 0.683 bits per heavy atom. The molecule has 0 heterocycles. The number of rotatable bonds is 8. The molecule has 1 aliphatic carbocycles. The summed E-state index contributed by atoms with van der Waals surface area (Å²) in [7, 11) is 0. The molecule has 0 fully saturated rings. The molecule has 4 rings (SSSR count). The molecule has 6 nitrogen and oxygen atoms in total. The topological polar surface area (TPSA) is 78.9 Å². The van der Waals surface area contributed by atoms with Gasteiger partial charge in [-0.1, -0.05) is 56.1 Å². The van der Waals surface area contributed by atoms with Crippen LogP contribution in [0.3, 0.4) is 0 Å². The SMILES string of the molecule is C=C(C)C(=O)Oc1ccc(-c2cc(C)c(-c3ccc4c(c3)CCC4OC(=O)C(=C)C)cc2C)cc1OC(=O)C(=C)C. The van der Waals surface area contributed by atoms with Gasteiger partial charge >= 0.3 is 17.9 Å². The number of hydrogen-bond acceptors (Lipinski definition) is 6. The summed E-state index contributed by atoms with van der Waals surface area (Å²) in [5, 5.41) is 0. The Labute approximate surface area is 241 Å². The second kappa shape index (κ2) is 11.8. The second-order valence-corrected chi connectivity index (χ2v) is 10.6. The molecule has 0 aromatic heterocycles. The lowest BCUT2D eigenvalue weighted by Crippen LogP contribution is -2.12. The molecule has 1 unspecified atom stereocenters. The molecule has 1 aliphatic rings. The number of esters is 3. The van der Waals surface area contributed by atoms with Crippen molar-refractivity contribution in [2.75, 3.05) is 0 Å². The predicted molar refractivity (Wildman–Crippen MR) is 160 cm³/mol. The third-order valence-corrected chi connectivity index (χ3v) is 7.00. The Bertz CT molecular complexity index is 1620. The molecule has 0 amide bonds. The summed E-state index contributed by atoms with van der Waals surface area (Å²) in [6, 6.07) is 15.6. The van der Waals surface area contributed by atoms with Crippen molar-refractivity contribution in [3.05, 3.63) is 107 Å². The zero-order valence-corrected chi connectivity index (χ0v) is 24.2. The van der Waals surface area contributed by atoms with E-state index < -0.39 is 11.9 Å². The third-order valence-electron chi connectivity index (χ3n) is 7.00. The molecule has 1 atom stereocenters. The molecule has 210 valence electrons. The number of benzene rings is 3. The molecule has 0 radical (unpaired) electrons. The van der Waals surface area contributed by atoms with Crippen LogP contribution in [0, 0.1) is 13.8 Å². The van der Waals surface area contributed by atoms with Crippen molar-refractivity contribution in [2.45, 2.75) is 53.6 Å². The molecular weight excluding hydrogens is 516 g/mol. The predicted octanol–water partition coefficient (Wildman–Crippen LogP) is 7.71. The second-order valence-electron chi connectivity index (χ2n) is 10.6. The lowest BCUT2D eigenvalue weighted by Gasteiger charge is -2.17. The van der Waals surface area contributed by atoms with E-state index in [9.17, 15) is 14.4 Å². The van der Waals surface area contributed by atoms with Crippen LogP contribution in [0.2, 0.25) is 0 Å². The fraction of sp³-hybridized carbons (Fsp3) is 0.229. The molecule has 0 aliphatic heterocycles. The Kier molecular flexibility index (Phi) is 8.43. The van der Waals surface area contributed by atoms with E-state index in [1.54, 1.807) is 32.9 Å². The van der Waals surface area contributed by atoms with Crippen LogP contribution in [0.5, 0.6) is 11.5 Å². The number of fused-ring (bicyclic) bond motifs is 1. The molecule has 0 saturated heterocycles. The van der Waals surface area contributed by atoms with E-state index in [0.717, 1.165) is 51.8 Å². The normalized spacial score (nSPS) is 13.6. The summed E-state index contributed by atoms with van der Waals surface area (Å²) in [6.07, 6.45) is 1.34. The standard InChI is InChI=1S/C35H34O6/c1-19(2)33(36)39-30-13-10-24-17-25(9-12-27(24)30)28-15-23(8)29(16-22(28)7)26-11-14-31(40-34(37)20(3)4)32(18-26)41-35(38)21(5)6/h9,11-12,14-18,30H,1,3,5,10,13H2,2,4,6-8H3. The fourth-order valence-electron chi connectivity index (χ4n) is 4.75. The van der Waals surface area contributed by atoms with Crippen molar-refractivity contribution in [3.8, 4) is 33.8 Å². The first kappa shape index (κ1) is 29.3. The van der Waals surface area contributed by atoms with Crippen LogP contribution in [-0.4, -0.2) is 17.9 Å². The van der Waals surface area contributed by atoms with E-state index in [4.69, 9.17) is 14.2 Å². The molecule has 0 spiro atoms. The minimum atomic E-state index is -0.619. The highest BCUT2D eigenvalue weighted by Crippen LogP contribution is 2.40. The Morgan fingerprint density at radius 3 is 1.76 bits per heavy atom. The summed E-state index contributed by atoms with van der Waals surface area (Å²) in [6.45, 7) is 19.7. The smallest absolute Gasteiger partial charge is 0.338 e. The fourth-order valence-corrected chi connectivity index (χ4v) is 4.75. The quantitative estimate of drug-likeness (QED) is 0.162. The number of aryl methyl sites for hydroxylation is 3. The van der Waals surface area contributed by atoms with Crippen molar-refractivity contribution in [1.82, 2.24) is 0 Å². The van der Waals surface area contributed by atoms with Gasteiger partial charge in [-0.25, -0.2) is 14.4 Å². The maximum atomic E-state index is 12.3. The van der Waals surface area contributed by atoms with Gasteiger partial charge in [0, 0.05) is 16.7 Å². The van der Waals surface area contributed by atoms with Gasteiger partial charge in [0.2, 0.25) is 0 Å². The highest BCUT2D eigenvalue weighted by atomic mass is 16.6. The van der Waals surface area contributed by atoms with Gasteiger partial charge in [0.15, 0.2) is 11.5 Å². The first-order valence-corrected chi connectivity index (χ1v) is 13.4. The van der Waals surface area contributed by atoms with Crippen LogP contribution in [-0.2, 0) is 25.5 Å². The molecule has 0 bridgehead atoms. The van der Waals surface area contributed by atoms with Gasteiger partial charge in [-0.05, 0) is 104 Å². The molecule has 6 heteroatoms. The van der Waals surface area contributed by atoms with Crippen LogP contribution >= 0.6 is 0 Å². The summed E-state index contributed by atoms with van der Waals surface area (Å²) in [5.74, 6) is -1.37. The van der Waals surface area contributed by atoms with Crippen molar-refractivity contribution in [3.63, 3.8) is 0 Å². The number of ether oxygens (including phenoxy) is 3. The van der Waals surface area contributed by atoms with Crippen molar-refractivity contribution < 1.29 is 28.6 Å². The lowest BCUT2D eigenvalue weighted by molar-refractivity contribution is -0.144. The Balaban J connectivity index is 1.67. The van der Waals surface area contributed by atoms with Crippen LogP contribution in [0.15, 0.2) is 85.0 Å². The van der Waals surface area contributed by atoms with Crippen LogP contribution in [0.1, 0.15) is 55.5 Å². The van der Waals surface area contributed by atoms with Gasteiger partial charge in [0.25, 0.3) is 0 Å². The number of carbonyl (C=O) groups excluding carboxylic acids is 3. The van der Waals surface area contributed by atoms with Gasteiger partial charge in [0.1, 0.15) is 6.10 Å². The van der Waals surface area contributed by atoms with Crippen molar-refractivity contribution >= 4 is 17.9 Å². The summed E-state index contributed by atoms with van der Waals surface area (Å²) < 4.78 is 16.6. The molecular formula is C35H34O6. The zero-order chi connectivity index (χ0) is 30.0. The highest BCUT2D eigenvalue weighted by molar-refractivity contribution is 5.92. The minimum Gasteiger partial charge on any atom is -0.454 e. The van der Waals surface area contributed by atoms with E-state index in [1.807, 2.05) is 26.0 Å². The van der Waals surface area contributed by atoms with E-state index in [0.29, 0.717) is 5.57 Å². The third kappa shape index (κ3) is 6.38. The average Bonchev–Trinajstić information content (AvgIpc) is 3.32. The first-order chi connectivity index (χ1) is 19.3. The van der Waals surface area contributed by atoms with Crippen molar-refractivity contribution in [2.24, 2.45) is 0 Å². The zero-order valence-electron chi connectivity index (χ0n) is 24.2. The minimum absolute atomic E-state index is 0.117. The summed E-state index contributed by atoms with van der Waals surface area (Å²) >= 11 is 0. The lowest BCUT2D eigenvalue weighted by atomic mass is 9.90. The largest absolute Gasteiger partial charge is 0.454 e. The van der Waals surface area contributed by atoms with Crippen LogP contribution in [0.25, 0.3) is 22.3 Å². The number of hydrogen-bond donors (Lipinski definition) is 0. The van der Waals surface area contributed by atoms with E-state index in [2.05, 4.69) is 44.0 Å². The first-order valence-electron chi connectivity index (χ1n) is 13.4. The Hall–Kier alpha value is -4.71. The maximum absolute atomic E-state index is 12.3. The Morgan fingerprint density at radius 2 is 1.20 bits per heavy atom. The van der Waals surface area contributed by atoms with E-state index in [-0.39, 0.29) is 34.7 Å². The van der Waals surface area contributed by atoms with Gasteiger partial charge in [-0.3, -0.25) is 0 Å². The maximum Gasteiger partial charge on any atom is 0.338 e. The molecule has 3 aromatic rings. The van der Waals surface area contributed by atoms with E-state index >= 15 is 0 Å². The van der Waals surface area contributed by atoms with Crippen LogP contribution < -0.4 is 9.47 Å².